The van der Waals surface area contributed by atoms with Gasteiger partial charge in [-0.05, 0) is 18.1 Å². The van der Waals surface area contributed by atoms with Crippen molar-refractivity contribution in [3.8, 4) is 0 Å². The summed E-state index contributed by atoms with van der Waals surface area (Å²) in [4.78, 5) is 24.5. The van der Waals surface area contributed by atoms with Crippen LogP contribution in [0.4, 0.5) is 11.4 Å². The first-order valence-electron chi connectivity index (χ1n) is 7.92. The molecule has 0 heterocycles. The van der Waals surface area contributed by atoms with Crippen LogP contribution in [0.2, 0.25) is 0 Å². The van der Waals surface area contributed by atoms with E-state index >= 15 is 0 Å². The molecular weight excluding hydrogens is 322 g/mol. The molecule has 2 rings (SSSR count). The van der Waals surface area contributed by atoms with Gasteiger partial charge in [-0.25, -0.2) is 0 Å². The predicted molar refractivity (Wildman–Crippen MR) is 95.4 cm³/mol. The Kier molecular flexibility index (Phi) is 6.47. The molecule has 1 amide bonds. The maximum Gasteiger partial charge on any atom is 0.292 e. The number of nitro benzene ring substituents is 1. The molecule has 2 aromatic rings. The minimum atomic E-state index is -0.470. The van der Waals surface area contributed by atoms with E-state index in [0.717, 1.165) is 5.56 Å². The normalized spacial score (nSPS) is 11.6. The molecule has 0 fully saturated rings. The van der Waals surface area contributed by atoms with Crippen LogP contribution in [0, 0.1) is 10.1 Å². The number of hydrogen-bond acceptors (Lipinski definition) is 5. The molecule has 0 bridgehead atoms. The smallest absolute Gasteiger partial charge is 0.292 e. The summed E-state index contributed by atoms with van der Waals surface area (Å²) < 4.78 is 0. The molecule has 0 saturated heterocycles. The van der Waals surface area contributed by atoms with Gasteiger partial charge in [0.2, 0.25) is 5.91 Å². The molecule has 0 radical (unpaired) electrons. The van der Waals surface area contributed by atoms with Crippen molar-refractivity contribution in [2.75, 3.05) is 25.1 Å². The van der Waals surface area contributed by atoms with Crippen LogP contribution in [0.15, 0.2) is 54.6 Å². The van der Waals surface area contributed by atoms with E-state index in [0.29, 0.717) is 12.1 Å². The number of hydrogen-bond donors (Lipinski definition) is 2. The highest BCUT2D eigenvalue weighted by Gasteiger charge is 2.20. The first-order valence-corrected chi connectivity index (χ1v) is 7.92. The minimum Gasteiger partial charge on any atom is -0.396 e. The van der Waals surface area contributed by atoms with Gasteiger partial charge in [-0.1, -0.05) is 42.5 Å². The number of carbonyl (C=O) groups is 1. The minimum absolute atomic E-state index is 0.0282. The third kappa shape index (κ3) is 5.02. The molecule has 1 unspecified atom stereocenters. The Morgan fingerprint density at radius 2 is 1.84 bits per heavy atom. The van der Waals surface area contributed by atoms with Crippen molar-refractivity contribution in [2.45, 2.75) is 12.5 Å². The number of rotatable bonds is 8. The van der Waals surface area contributed by atoms with Crippen LogP contribution < -0.4 is 10.2 Å². The average Bonchev–Trinajstić information content (AvgIpc) is 2.62. The predicted octanol–water partition coefficient (Wildman–Crippen LogP) is 2.27. The van der Waals surface area contributed by atoms with Gasteiger partial charge in [-0.3, -0.25) is 14.9 Å². The van der Waals surface area contributed by atoms with E-state index in [1.807, 2.05) is 30.3 Å². The highest BCUT2D eigenvalue weighted by Crippen LogP contribution is 2.26. The zero-order chi connectivity index (χ0) is 18.2. The van der Waals surface area contributed by atoms with Gasteiger partial charge in [0.25, 0.3) is 5.69 Å². The molecule has 0 spiro atoms. The third-order valence-electron chi connectivity index (χ3n) is 3.83. The number of para-hydroxylation sites is 2. The molecule has 2 aromatic carbocycles. The quantitative estimate of drug-likeness (QED) is 0.566. The lowest BCUT2D eigenvalue weighted by Gasteiger charge is -2.22. The van der Waals surface area contributed by atoms with E-state index in [1.54, 1.807) is 25.2 Å². The zero-order valence-corrected chi connectivity index (χ0v) is 14.0. The summed E-state index contributed by atoms with van der Waals surface area (Å²) >= 11 is 0. The maximum atomic E-state index is 12.4. The van der Waals surface area contributed by atoms with Gasteiger partial charge in [0.1, 0.15) is 5.69 Å². The van der Waals surface area contributed by atoms with Gasteiger partial charge in [0, 0.05) is 19.7 Å². The SMILES string of the molecule is CN(CC(=O)NC(CCO)c1ccccc1)c1ccccc1[N+](=O)[O-]. The Hall–Kier alpha value is -2.93. The van der Waals surface area contributed by atoms with E-state index in [-0.39, 0.29) is 30.8 Å². The molecule has 25 heavy (non-hydrogen) atoms. The van der Waals surface area contributed by atoms with Crippen molar-refractivity contribution in [3.05, 3.63) is 70.3 Å². The van der Waals surface area contributed by atoms with Crippen LogP contribution in [-0.2, 0) is 4.79 Å². The van der Waals surface area contributed by atoms with Crippen molar-refractivity contribution in [3.63, 3.8) is 0 Å². The van der Waals surface area contributed by atoms with Crippen LogP contribution in [0.5, 0.6) is 0 Å². The zero-order valence-electron chi connectivity index (χ0n) is 14.0. The molecule has 7 heteroatoms. The molecule has 0 aromatic heterocycles. The summed E-state index contributed by atoms with van der Waals surface area (Å²) in [6.45, 7) is -0.0839. The summed E-state index contributed by atoms with van der Waals surface area (Å²) in [5, 5.41) is 23.2. The van der Waals surface area contributed by atoms with Crippen molar-refractivity contribution in [2.24, 2.45) is 0 Å². The topological polar surface area (TPSA) is 95.7 Å². The summed E-state index contributed by atoms with van der Waals surface area (Å²) in [5.74, 6) is -0.275. The summed E-state index contributed by atoms with van der Waals surface area (Å²) in [7, 11) is 1.63. The second-order valence-corrected chi connectivity index (χ2v) is 5.64. The fourth-order valence-corrected chi connectivity index (χ4v) is 2.62. The monoisotopic (exact) mass is 343 g/mol. The van der Waals surface area contributed by atoms with Gasteiger partial charge in [-0.2, -0.15) is 0 Å². The number of anilines is 1. The number of nitrogens with one attached hydrogen (secondary N) is 1. The number of amides is 1. The number of aliphatic hydroxyl groups excluding tert-OH is 1. The number of benzene rings is 2. The van der Waals surface area contributed by atoms with Crippen molar-refractivity contribution in [1.29, 1.82) is 0 Å². The molecule has 0 aliphatic carbocycles. The molecule has 0 aliphatic rings. The van der Waals surface area contributed by atoms with Crippen LogP contribution in [0.1, 0.15) is 18.0 Å². The number of likely N-dealkylation sites (N-methyl/N-ethyl adjacent to an activating group) is 1. The highest BCUT2D eigenvalue weighted by atomic mass is 16.6. The second kappa shape index (κ2) is 8.79. The first kappa shape index (κ1) is 18.4. The first-order chi connectivity index (χ1) is 12.0. The fourth-order valence-electron chi connectivity index (χ4n) is 2.62. The van der Waals surface area contributed by atoms with Gasteiger partial charge >= 0.3 is 0 Å². The summed E-state index contributed by atoms with van der Waals surface area (Å²) in [5.41, 5.74) is 1.23. The Bertz CT molecular complexity index is 721. The molecule has 7 nitrogen and oxygen atoms in total. The van der Waals surface area contributed by atoms with E-state index in [4.69, 9.17) is 0 Å². The molecule has 0 saturated carbocycles. The Labute approximate surface area is 146 Å². The second-order valence-electron chi connectivity index (χ2n) is 5.64. The summed E-state index contributed by atoms with van der Waals surface area (Å²) in [6.07, 6.45) is 0.394. The Morgan fingerprint density at radius 3 is 2.48 bits per heavy atom. The van der Waals surface area contributed by atoms with Gasteiger partial charge in [-0.15, -0.1) is 0 Å². The van der Waals surface area contributed by atoms with Gasteiger partial charge in [0.05, 0.1) is 17.5 Å². The van der Waals surface area contributed by atoms with Crippen molar-refractivity contribution in [1.82, 2.24) is 5.32 Å². The van der Waals surface area contributed by atoms with E-state index in [1.165, 1.54) is 11.0 Å². The fraction of sp³-hybridized carbons (Fsp3) is 0.278. The molecule has 0 aliphatic heterocycles. The van der Waals surface area contributed by atoms with Crippen molar-refractivity contribution < 1.29 is 14.8 Å². The van der Waals surface area contributed by atoms with Crippen LogP contribution in [-0.4, -0.2) is 36.1 Å². The number of nitro groups is 1. The molecule has 132 valence electrons. The van der Waals surface area contributed by atoms with E-state index in [2.05, 4.69) is 5.32 Å². The number of nitrogens with zero attached hydrogens (tertiary/aromatic N) is 2. The molecule has 1 atom stereocenters. The third-order valence-corrected chi connectivity index (χ3v) is 3.83. The van der Waals surface area contributed by atoms with Gasteiger partial charge in [0.15, 0.2) is 0 Å². The largest absolute Gasteiger partial charge is 0.396 e. The Balaban J connectivity index is 2.07. The van der Waals surface area contributed by atoms with E-state index < -0.39 is 4.92 Å². The summed E-state index contributed by atoms with van der Waals surface area (Å²) in [6, 6.07) is 15.4. The lowest BCUT2D eigenvalue weighted by molar-refractivity contribution is -0.384. The van der Waals surface area contributed by atoms with E-state index in [9.17, 15) is 20.0 Å². The Morgan fingerprint density at radius 1 is 1.20 bits per heavy atom. The average molecular weight is 343 g/mol. The highest BCUT2D eigenvalue weighted by molar-refractivity contribution is 5.82. The lowest BCUT2D eigenvalue weighted by Crippen LogP contribution is -2.37. The molecule has 2 N–H and O–H groups in total. The lowest BCUT2D eigenvalue weighted by atomic mass is 10.0. The number of carbonyl (C=O) groups excluding carboxylic acids is 1. The standard InChI is InChI=1S/C18H21N3O4/c1-20(16-9-5-6-10-17(16)21(24)25)13-18(23)19-15(11-12-22)14-7-3-2-4-8-14/h2-10,15,22H,11-13H2,1H3,(H,19,23). The molecular formula is C18H21N3O4. The van der Waals surface area contributed by atoms with Crippen LogP contribution in [0.25, 0.3) is 0 Å². The number of aliphatic hydroxyl groups is 1. The van der Waals surface area contributed by atoms with Crippen LogP contribution in [0.3, 0.4) is 0 Å². The van der Waals surface area contributed by atoms with Crippen LogP contribution >= 0.6 is 0 Å². The van der Waals surface area contributed by atoms with Crippen molar-refractivity contribution >= 4 is 17.3 Å². The van der Waals surface area contributed by atoms with Gasteiger partial charge < -0.3 is 15.3 Å². The maximum absolute atomic E-state index is 12.4.